The van der Waals surface area contributed by atoms with Gasteiger partial charge in [0, 0.05) is 11.8 Å². The Kier molecular flexibility index (Phi) is 6.24. The second-order valence-corrected chi connectivity index (χ2v) is 7.00. The van der Waals surface area contributed by atoms with E-state index in [-0.39, 0.29) is 17.4 Å². The molecule has 3 aromatic rings. The van der Waals surface area contributed by atoms with Crippen molar-refractivity contribution in [2.45, 2.75) is 20.5 Å². The van der Waals surface area contributed by atoms with Crippen LogP contribution in [0.4, 0.5) is 5.69 Å². The van der Waals surface area contributed by atoms with Crippen LogP contribution in [0.1, 0.15) is 27.2 Å². The number of pyridine rings is 1. The number of ether oxygens (including phenoxy) is 2. The molecule has 0 saturated heterocycles. The summed E-state index contributed by atoms with van der Waals surface area (Å²) in [5.74, 6) is -0.261. The van der Waals surface area contributed by atoms with E-state index in [9.17, 15) is 9.59 Å². The number of benzene rings is 2. The first-order chi connectivity index (χ1) is 14.4. The SMILES string of the molecule is [C-]#[N+]c1ccccc1COc1cc(C)n(-c2cc(C(=O)OC)ccc2C)c(=O)c1Cl. The summed E-state index contributed by atoms with van der Waals surface area (Å²) in [5.41, 5.74) is 2.96. The molecule has 0 amide bonds. The van der Waals surface area contributed by atoms with Gasteiger partial charge in [0.15, 0.2) is 5.69 Å². The summed E-state index contributed by atoms with van der Waals surface area (Å²) in [6, 6.07) is 13.7. The molecule has 7 heteroatoms. The quantitative estimate of drug-likeness (QED) is 0.427. The molecule has 2 aromatic carbocycles. The minimum absolute atomic E-state index is 0.0798. The highest BCUT2D eigenvalue weighted by atomic mass is 35.5. The Morgan fingerprint density at radius 1 is 1.17 bits per heavy atom. The summed E-state index contributed by atoms with van der Waals surface area (Å²) in [4.78, 5) is 28.4. The van der Waals surface area contributed by atoms with Gasteiger partial charge < -0.3 is 9.47 Å². The number of methoxy groups -OCH3 is 1. The van der Waals surface area contributed by atoms with Crippen molar-refractivity contribution in [3.05, 3.63) is 97.7 Å². The fourth-order valence-electron chi connectivity index (χ4n) is 3.08. The van der Waals surface area contributed by atoms with Crippen molar-refractivity contribution in [2.75, 3.05) is 7.11 Å². The average Bonchev–Trinajstić information content (AvgIpc) is 2.76. The highest BCUT2D eigenvalue weighted by Gasteiger charge is 2.17. The smallest absolute Gasteiger partial charge is 0.337 e. The molecule has 0 aliphatic carbocycles. The summed E-state index contributed by atoms with van der Waals surface area (Å²) in [6.45, 7) is 10.9. The normalized spacial score (nSPS) is 10.4. The van der Waals surface area contributed by atoms with Gasteiger partial charge in [0.25, 0.3) is 5.56 Å². The van der Waals surface area contributed by atoms with E-state index in [0.29, 0.717) is 28.2 Å². The van der Waals surface area contributed by atoms with Crippen molar-refractivity contribution < 1.29 is 14.3 Å². The van der Waals surface area contributed by atoms with E-state index < -0.39 is 11.5 Å². The van der Waals surface area contributed by atoms with E-state index >= 15 is 0 Å². The van der Waals surface area contributed by atoms with Gasteiger partial charge in [0.05, 0.1) is 24.9 Å². The van der Waals surface area contributed by atoms with Gasteiger partial charge in [-0.25, -0.2) is 9.64 Å². The fraction of sp³-hybridized carbons (Fsp3) is 0.174. The van der Waals surface area contributed by atoms with E-state index in [4.69, 9.17) is 27.6 Å². The molecule has 0 fully saturated rings. The van der Waals surface area contributed by atoms with Crippen LogP contribution < -0.4 is 10.3 Å². The molecule has 0 radical (unpaired) electrons. The second kappa shape index (κ2) is 8.85. The maximum Gasteiger partial charge on any atom is 0.337 e. The zero-order valence-corrected chi connectivity index (χ0v) is 17.5. The molecule has 0 unspecified atom stereocenters. The zero-order valence-electron chi connectivity index (χ0n) is 16.7. The number of esters is 1. The van der Waals surface area contributed by atoms with Crippen molar-refractivity contribution in [1.29, 1.82) is 0 Å². The maximum atomic E-state index is 13.0. The van der Waals surface area contributed by atoms with Crippen molar-refractivity contribution in [3.8, 4) is 11.4 Å². The standard InChI is InChI=1S/C23H19ClN2O4/c1-14-9-10-16(23(28)29-4)12-19(14)26-15(2)11-20(21(24)22(26)27)30-13-17-7-5-6-8-18(17)25-3/h5-12H,13H2,1-2,4H3. The Hall–Kier alpha value is -3.56. The minimum atomic E-state index is -0.494. The Bertz CT molecular complexity index is 1220. The maximum absolute atomic E-state index is 13.0. The minimum Gasteiger partial charge on any atom is -0.488 e. The van der Waals surface area contributed by atoms with Crippen LogP contribution in [0.2, 0.25) is 5.02 Å². The first-order valence-electron chi connectivity index (χ1n) is 9.07. The Morgan fingerprint density at radius 3 is 2.60 bits per heavy atom. The molecule has 0 aliphatic heterocycles. The fourth-order valence-corrected chi connectivity index (χ4v) is 3.27. The molecule has 0 saturated carbocycles. The summed E-state index contributed by atoms with van der Waals surface area (Å²) >= 11 is 6.33. The molecule has 152 valence electrons. The number of halogens is 1. The monoisotopic (exact) mass is 422 g/mol. The molecule has 6 nitrogen and oxygen atoms in total. The second-order valence-electron chi connectivity index (χ2n) is 6.63. The van der Waals surface area contributed by atoms with Crippen LogP contribution in [-0.2, 0) is 11.3 Å². The van der Waals surface area contributed by atoms with Gasteiger partial charge in [-0.1, -0.05) is 41.9 Å². The van der Waals surface area contributed by atoms with Crippen LogP contribution in [0, 0.1) is 20.4 Å². The number of para-hydroxylation sites is 1. The van der Waals surface area contributed by atoms with Gasteiger partial charge in [-0.05, 0) is 37.1 Å². The molecule has 0 N–H and O–H groups in total. The lowest BCUT2D eigenvalue weighted by atomic mass is 10.1. The van der Waals surface area contributed by atoms with Crippen LogP contribution in [0.5, 0.6) is 5.75 Å². The molecular formula is C23H19ClN2O4. The summed E-state index contributed by atoms with van der Waals surface area (Å²) in [7, 11) is 1.30. The molecule has 0 bridgehead atoms. The Morgan fingerprint density at radius 2 is 1.90 bits per heavy atom. The van der Waals surface area contributed by atoms with E-state index in [2.05, 4.69) is 4.85 Å². The number of hydrogen-bond acceptors (Lipinski definition) is 4. The van der Waals surface area contributed by atoms with Crippen LogP contribution >= 0.6 is 11.6 Å². The number of aromatic nitrogens is 1. The molecule has 1 heterocycles. The van der Waals surface area contributed by atoms with Crippen molar-refractivity contribution in [2.24, 2.45) is 0 Å². The average molecular weight is 423 g/mol. The third kappa shape index (κ3) is 4.07. The highest BCUT2D eigenvalue weighted by Crippen LogP contribution is 2.27. The van der Waals surface area contributed by atoms with Gasteiger partial charge in [-0.2, -0.15) is 0 Å². The lowest BCUT2D eigenvalue weighted by molar-refractivity contribution is 0.0600. The molecule has 0 aliphatic rings. The van der Waals surface area contributed by atoms with Gasteiger partial charge in [0.2, 0.25) is 0 Å². The third-order valence-corrected chi connectivity index (χ3v) is 5.01. The van der Waals surface area contributed by atoms with Crippen molar-refractivity contribution in [3.63, 3.8) is 0 Å². The number of aryl methyl sites for hydroxylation is 2. The first kappa shape index (κ1) is 21.2. The largest absolute Gasteiger partial charge is 0.488 e. The highest BCUT2D eigenvalue weighted by molar-refractivity contribution is 6.31. The molecule has 30 heavy (non-hydrogen) atoms. The number of carbonyl (C=O) groups excluding carboxylic acids is 1. The van der Waals surface area contributed by atoms with Crippen LogP contribution in [0.25, 0.3) is 10.5 Å². The predicted molar refractivity (Wildman–Crippen MR) is 115 cm³/mol. The predicted octanol–water partition coefficient (Wildman–Crippen LogP) is 5.02. The number of rotatable bonds is 5. The van der Waals surface area contributed by atoms with Crippen LogP contribution in [0.3, 0.4) is 0 Å². The van der Waals surface area contributed by atoms with Gasteiger partial charge in [-0.15, -0.1) is 0 Å². The zero-order chi connectivity index (χ0) is 21.8. The lowest BCUT2D eigenvalue weighted by Crippen LogP contribution is -2.23. The van der Waals surface area contributed by atoms with Crippen molar-refractivity contribution in [1.82, 2.24) is 4.57 Å². The van der Waals surface area contributed by atoms with E-state index in [1.807, 2.05) is 13.0 Å². The lowest BCUT2D eigenvalue weighted by Gasteiger charge is -2.17. The number of carbonyl (C=O) groups is 1. The topological polar surface area (TPSA) is 61.9 Å². The van der Waals surface area contributed by atoms with Crippen molar-refractivity contribution >= 4 is 23.3 Å². The van der Waals surface area contributed by atoms with Gasteiger partial charge in [0.1, 0.15) is 17.4 Å². The van der Waals surface area contributed by atoms with E-state index in [0.717, 1.165) is 5.56 Å². The van der Waals surface area contributed by atoms with Gasteiger partial charge >= 0.3 is 5.97 Å². The Labute approximate surface area is 179 Å². The van der Waals surface area contributed by atoms with Crippen LogP contribution in [0.15, 0.2) is 53.3 Å². The molecule has 0 spiro atoms. The molecule has 0 atom stereocenters. The third-order valence-electron chi connectivity index (χ3n) is 4.67. The molecule has 3 rings (SSSR count). The van der Waals surface area contributed by atoms with Crippen LogP contribution in [-0.4, -0.2) is 17.6 Å². The first-order valence-corrected chi connectivity index (χ1v) is 9.44. The summed E-state index contributed by atoms with van der Waals surface area (Å²) in [5, 5.41) is -0.0798. The Balaban J connectivity index is 2.01. The molecular weight excluding hydrogens is 404 g/mol. The number of nitrogens with zero attached hydrogens (tertiary/aromatic N) is 2. The van der Waals surface area contributed by atoms with Gasteiger partial charge in [-0.3, -0.25) is 9.36 Å². The number of hydrogen-bond donors (Lipinski definition) is 0. The molecule has 1 aromatic heterocycles. The van der Waals surface area contributed by atoms with E-state index in [1.165, 1.54) is 11.7 Å². The summed E-state index contributed by atoms with van der Waals surface area (Å²) < 4.78 is 12.0. The summed E-state index contributed by atoms with van der Waals surface area (Å²) in [6.07, 6.45) is 0. The van der Waals surface area contributed by atoms with E-state index in [1.54, 1.807) is 49.4 Å².